The summed E-state index contributed by atoms with van der Waals surface area (Å²) in [5, 5.41) is 3.37. The molecule has 0 aliphatic carbocycles. The molecule has 0 saturated carbocycles. The third-order valence-corrected chi connectivity index (χ3v) is 3.09. The first-order valence-electron chi connectivity index (χ1n) is 6.09. The van der Waals surface area contributed by atoms with Crippen molar-refractivity contribution in [2.24, 2.45) is 11.7 Å². The van der Waals surface area contributed by atoms with Crippen molar-refractivity contribution in [3.05, 3.63) is 24.0 Å². The minimum absolute atomic E-state index is 0.225. The van der Waals surface area contributed by atoms with Gasteiger partial charge in [0.25, 0.3) is 0 Å². The molecule has 1 rings (SSSR count). The zero-order chi connectivity index (χ0) is 12.0. The third kappa shape index (κ3) is 3.81. The summed E-state index contributed by atoms with van der Waals surface area (Å²) < 4.78 is 0. The van der Waals surface area contributed by atoms with Crippen LogP contribution in [0.4, 0.5) is 5.69 Å². The van der Waals surface area contributed by atoms with Crippen molar-refractivity contribution < 1.29 is 0 Å². The van der Waals surface area contributed by atoms with Gasteiger partial charge in [-0.05, 0) is 25.0 Å². The van der Waals surface area contributed by atoms with Crippen LogP contribution in [-0.4, -0.2) is 17.6 Å². The van der Waals surface area contributed by atoms with Gasteiger partial charge in [0, 0.05) is 30.2 Å². The highest BCUT2D eigenvalue weighted by Crippen LogP contribution is 2.13. The van der Waals surface area contributed by atoms with E-state index in [1.165, 1.54) is 0 Å². The van der Waals surface area contributed by atoms with Crippen LogP contribution in [0.15, 0.2) is 18.3 Å². The van der Waals surface area contributed by atoms with Gasteiger partial charge >= 0.3 is 0 Å². The Morgan fingerprint density at radius 3 is 2.62 bits per heavy atom. The summed E-state index contributed by atoms with van der Waals surface area (Å²) in [5.74, 6) is 0.607. The number of aryl methyl sites for hydroxylation is 1. The molecule has 1 heterocycles. The summed E-state index contributed by atoms with van der Waals surface area (Å²) in [7, 11) is 0. The van der Waals surface area contributed by atoms with E-state index in [0.29, 0.717) is 5.92 Å². The van der Waals surface area contributed by atoms with Gasteiger partial charge in [-0.15, -0.1) is 0 Å². The highest BCUT2D eigenvalue weighted by molar-refractivity contribution is 5.43. The summed E-state index contributed by atoms with van der Waals surface area (Å²) in [6.07, 6.45) is 4.11. The van der Waals surface area contributed by atoms with E-state index in [9.17, 15) is 0 Å². The fraction of sp³-hybridized carbons (Fsp3) is 0.615. The van der Waals surface area contributed by atoms with Gasteiger partial charge in [0.1, 0.15) is 0 Å². The maximum atomic E-state index is 6.15. The highest BCUT2D eigenvalue weighted by atomic mass is 14.9. The first-order chi connectivity index (χ1) is 7.67. The highest BCUT2D eigenvalue weighted by Gasteiger charge is 2.13. The van der Waals surface area contributed by atoms with Gasteiger partial charge < -0.3 is 11.1 Å². The molecule has 1 atom stereocenters. The average molecular weight is 221 g/mol. The Kier molecular flexibility index (Phi) is 5.26. The maximum Gasteiger partial charge on any atom is 0.0393 e. The van der Waals surface area contributed by atoms with Gasteiger partial charge in [-0.3, -0.25) is 4.98 Å². The van der Waals surface area contributed by atoms with E-state index in [1.807, 2.05) is 25.3 Å². The third-order valence-electron chi connectivity index (χ3n) is 3.09. The lowest BCUT2D eigenvalue weighted by Crippen LogP contribution is -2.36. The molecule has 0 saturated heterocycles. The second-order valence-corrected chi connectivity index (χ2v) is 4.31. The van der Waals surface area contributed by atoms with Crippen molar-refractivity contribution in [1.29, 1.82) is 0 Å². The van der Waals surface area contributed by atoms with Crippen LogP contribution in [0.2, 0.25) is 0 Å². The lowest BCUT2D eigenvalue weighted by atomic mass is 9.95. The molecule has 0 aliphatic rings. The SMILES string of the molecule is CCC(CC)C(N)CNc1ccnc(C)c1. The molecular formula is C13H23N3. The molecule has 0 spiro atoms. The number of aromatic nitrogens is 1. The minimum atomic E-state index is 0.225. The van der Waals surface area contributed by atoms with Gasteiger partial charge in [0.15, 0.2) is 0 Å². The van der Waals surface area contributed by atoms with E-state index in [4.69, 9.17) is 5.73 Å². The first kappa shape index (κ1) is 13.0. The van der Waals surface area contributed by atoms with E-state index in [0.717, 1.165) is 30.8 Å². The number of rotatable bonds is 6. The van der Waals surface area contributed by atoms with Crippen molar-refractivity contribution in [2.45, 2.75) is 39.7 Å². The van der Waals surface area contributed by atoms with E-state index < -0.39 is 0 Å². The summed E-state index contributed by atoms with van der Waals surface area (Å²) in [6, 6.07) is 4.25. The molecule has 1 unspecified atom stereocenters. The molecule has 16 heavy (non-hydrogen) atoms. The van der Waals surface area contributed by atoms with Crippen LogP contribution >= 0.6 is 0 Å². The van der Waals surface area contributed by atoms with Crippen LogP contribution in [0.25, 0.3) is 0 Å². The van der Waals surface area contributed by atoms with Crippen molar-refractivity contribution in [3.8, 4) is 0 Å². The second kappa shape index (κ2) is 6.48. The second-order valence-electron chi connectivity index (χ2n) is 4.31. The molecule has 0 radical (unpaired) electrons. The normalized spacial score (nSPS) is 12.8. The predicted molar refractivity (Wildman–Crippen MR) is 69.5 cm³/mol. The lowest BCUT2D eigenvalue weighted by molar-refractivity contribution is 0.407. The summed E-state index contributed by atoms with van der Waals surface area (Å²) >= 11 is 0. The monoisotopic (exact) mass is 221 g/mol. The van der Waals surface area contributed by atoms with Crippen LogP contribution in [-0.2, 0) is 0 Å². The van der Waals surface area contributed by atoms with Crippen molar-refractivity contribution in [2.75, 3.05) is 11.9 Å². The van der Waals surface area contributed by atoms with Crippen LogP contribution in [0.1, 0.15) is 32.4 Å². The lowest BCUT2D eigenvalue weighted by Gasteiger charge is -2.22. The van der Waals surface area contributed by atoms with Gasteiger partial charge in [0.05, 0.1) is 0 Å². The Balaban J connectivity index is 2.45. The minimum Gasteiger partial charge on any atom is -0.383 e. The number of nitrogens with zero attached hydrogens (tertiary/aromatic N) is 1. The number of hydrogen-bond acceptors (Lipinski definition) is 3. The van der Waals surface area contributed by atoms with Crippen LogP contribution in [0.3, 0.4) is 0 Å². The van der Waals surface area contributed by atoms with E-state index in [1.54, 1.807) is 0 Å². The first-order valence-corrected chi connectivity index (χ1v) is 6.09. The molecule has 0 amide bonds. The molecule has 0 aromatic carbocycles. The van der Waals surface area contributed by atoms with Crippen LogP contribution in [0.5, 0.6) is 0 Å². The number of hydrogen-bond donors (Lipinski definition) is 2. The maximum absolute atomic E-state index is 6.15. The molecule has 0 fully saturated rings. The number of nitrogens with one attached hydrogen (secondary N) is 1. The quantitative estimate of drug-likeness (QED) is 0.776. The van der Waals surface area contributed by atoms with Crippen molar-refractivity contribution in [1.82, 2.24) is 4.98 Å². The molecular weight excluding hydrogens is 198 g/mol. The molecule has 0 aliphatic heterocycles. The van der Waals surface area contributed by atoms with Crippen molar-refractivity contribution >= 4 is 5.69 Å². The smallest absolute Gasteiger partial charge is 0.0393 e. The predicted octanol–water partition coefficient (Wildman–Crippen LogP) is 2.57. The topological polar surface area (TPSA) is 50.9 Å². The Labute approximate surface area is 98.5 Å². The van der Waals surface area contributed by atoms with E-state index in [-0.39, 0.29) is 6.04 Å². The molecule has 1 aromatic rings. The summed E-state index contributed by atoms with van der Waals surface area (Å²) in [6.45, 7) is 7.22. The number of pyridine rings is 1. The van der Waals surface area contributed by atoms with E-state index in [2.05, 4.69) is 24.1 Å². The summed E-state index contributed by atoms with van der Waals surface area (Å²) in [5.41, 5.74) is 8.28. The molecule has 3 heteroatoms. The Morgan fingerprint density at radius 1 is 1.38 bits per heavy atom. The number of anilines is 1. The zero-order valence-corrected chi connectivity index (χ0v) is 10.5. The number of nitrogens with two attached hydrogens (primary N) is 1. The zero-order valence-electron chi connectivity index (χ0n) is 10.5. The molecule has 0 bridgehead atoms. The van der Waals surface area contributed by atoms with Gasteiger partial charge in [-0.25, -0.2) is 0 Å². The van der Waals surface area contributed by atoms with E-state index >= 15 is 0 Å². The van der Waals surface area contributed by atoms with Gasteiger partial charge in [-0.1, -0.05) is 26.7 Å². The largest absolute Gasteiger partial charge is 0.383 e. The standard InChI is InChI=1S/C13H23N3/c1-4-11(5-2)13(14)9-16-12-6-7-15-10(3)8-12/h6-8,11,13H,4-5,9,14H2,1-3H3,(H,15,16). The van der Waals surface area contributed by atoms with Crippen LogP contribution < -0.4 is 11.1 Å². The van der Waals surface area contributed by atoms with Crippen LogP contribution in [0, 0.1) is 12.8 Å². The molecule has 3 N–H and O–H groups in total. The Hall–Kier alpha value is -1.09. The van der Waals surface area contributed by atoms with Crippen molar-refractivity contribution in [3.63, 3.8) is 0 Å². The fourth-order valence-electron chi connectivity index (χ4n) is 1.95. The Bertz CT molecular complexity index is 308. The van der Waals surface area contributed by atoms with Gasteiger partial charge in [-0.2, -0.15) is 0 Å². The average Bonchev–Trinajstić information content (AvgIpc) is 2.28. The Morgan fingerprint density at radius 2 is 2.06 bits per heavy atom. The van der Waals surface area contributed by atoms with Gasteiger partial charge in [0.2, 0.25) is 0 Å². The summed E-state index contributed by atoms with van der Waals surface area (Å²) in [4.78, 5) is 4.16. The molecule has 1 aromatic heterocycles. The fourth-order valence-corrected chi connectivity index (χ4v) is 1.95. The molecule has 3 nitrogen and oxygen atoms in total. The molecule has 90 valence electrons.